The Morgan fingerprint density at radius 1 is 1.38 bits per heavy atom. The van der Waals surface area contributed by atoms with Gasteiger partial charge in [0, 0.05) is 24.2 Å². The second-order valence-electron chi connectivity index (χ2n) is 6.67. The van der Waals surface area contributed by atoms with E-state index in [2.05, 4.69) is 22.9 Å². The van der Waals surface area contributed by atoms with Gasteiger partial charge in [0.1, 0.15) is 0 Å². The number of benzene rings is 1. The minimum absolute atomic E-state index is 0.0131. The van der Waals surface area contributed by atoms with E-state index >= 15 is 0 Å². The molecule has 0 bridgehead atoms. The van der Waals surface area contributed by atoms with Gasteiger partial charge >= 0.3 is 0 Å². The molecule has 2 unspecified atom stereocenters. The molecule has 5 heteroatoms. The Kier molecular flexibility index (Phi) is 7.25. The number of carbonyl (C=O) groups excluding carboxylic acids is 2. The molecule has 0 saturated carbocycles. The van der Waals surface area contributed by atoms with Gasteiger partial charge in [-0.1, -0.05) is 19.9 Å². The Morgan fingerprint density at radius 3 is 2.92 bits per heavy atom. The van der Waals surface area contributed by atoms with Crippen molar-refractivity contribution in [3.63, 3.8) is 0 Å². The topological polar surface area (TPSA) is 70.2 Å². The van der Waals surface area contributed by atoms with Crippen molar-refractivity contribution in [2.24, 2.45) is 11.8 Å². The van der Waals surface area contributed by atoms with Crippen LogP contribution in [0.1, 0.15) is 49.9 Å². The maximum atomic E-state index is 12.3. The second kappa shape index (κ2) is 9.42. The van der Waals surface area contributed by atoms with Crippen LogP contribution in [0.3, 0.4) is 0 Å². The normalized spacial score (nSPS) is 18.7. The molecule has 132 valence electrons. The fraction of sp³-hybridized carbons (Fsp3) is 0.579. The molecule has 0 aliphatic carbocycles. The van der Waals surface area contributed by atoms with Crippen LogP contribution in [0, 0.1) is 11.8 Å². The monoisotopic (exact) mass is 331 g/mol. The number of piperidine rings is 1. The average Bonchev–Trinajstić information content (AvgIpc) is 2.60. The zero-order chi connectivity index (χ0) is 17.4. The molecule has 3 N–H and O–H groups in total. The Bertz CT molecular complexity index is 553. The highest BCUT2D eigenvalue weighted by Gasteiger charge is 2.22. The van der Waals surface area contributed by atoms with Gasteiger partial charge in [0.15, 0.2) is 0 Å². The molecule has 5 nitrogen and oxygen atoms in total. The number of anilines is 1. The van der Waals surface area contributed by atoms with Crippen molar-refractivity contribution in [3.8, 4) is 0 Å². The molecule has 0 aromatic heterocycles. The predicted molar refractivity (Wildman–Crippen MR) is 97.1 cm³/mol. The highest BCUT2D eigenvalue weighted by Crippen LogP contribution is 2.23. The summed E-state index contributed by atoms with van der Waals surface area (Å²) < 4.78 is 0. The second-order valence-corrected chi connectivity index (χ2v) is 6.67. The van der Waals surface area contributed by atoms with Crippen molar-refractivity contribution in [1.29, 1.82) is 0 Å². The summed E-state index contributed by atoms with van der Waals surface area (Å²) in [4.78, 5) is 24.3. The molecule has 0 spiro atoms. The molecule has 1 aromatic carbocycles. The summed E-state index contributed by atoms with van der Waals surface area (Å²) in [6.07, 6.45) is 3.79. The van der Waals surface area contributed by atoms with E-state index in [-0.39, 0.29) is 11.8 Å². The van der Waals surface area contributed by atoms with Crippen LogP contribution in [0.2, 0.25) is 0 Å². The number of carbonyl (C=O) groups is 2. The predicted octanol–water partition coefficient (Wildman–Crippen LogP) is 2.79. The van der Waals surface area contributed by atoms with Crippen molar-refractivity contribution < 1.29 is 9.59 Å². The molecule has 0 radical (unpaired) electrons. The zero-order valence-corrected chi connectivity index (χ0v) is 14.7. The lowest BCUT2D eigenvalue weighted by atomic mass is 9.85. The quantitative estimate of drug-likeness (QED) is 0.719. The number of hydrogen-bond acceptors (Lipinski definition) is 3. The standard InChI is InChI=1S/C19H29N3O2/c1-3-9-21-19(24)15-6-4-8-17(12-15)22-18(23)11-14(2)16-7-5-10-20-13-16/h4,6,8,12,14,16,20H,3,5,7,9-11,13H2,1-2H3,(H,21,24)(H,22,23). The minimum atomic E-state index is -0.102. The summed E-state index contributed by atoms with van der Waals surface area (Å²) >= 11 is 0. The van der Waals surface area contributed by atoms with Crippen molar-refractivity contribution in [2.75, 3.05) is 25.0 Å². The minimum Gasteiger partial charge on any atom is -0.352 e. The summed E-state index contributed by atoms with van der Waals surface area (Å²) in [5.41, 5.74) is 1.25. The largest absolute Gasteiger partial charge is 0.352 e. The van der Waals surface area contributed by atoms with E-state index in [0.717, 1.165) is 19.5 Å². The molecule has 2 amide bonds. The zero-order valence-electron chi connectivity index (χ0n) is 14.7. The van der Waals surface area contributed by atoms with Crippen LogP contribution in [0.4, 0.5) is 5.69 Å². The maximum absolute atomic E-state index is 12.3. The molecule has 2 rings (SSSR count). The Morgan fingerprint density at radius 2 is 2.21 bits per heavy atom. The third kappa shape index (κ3) is 5.64. The molecular weight excluding hydrogens is 302 g/mol. The van der Waals surface area contributed by atoms with Crippen LogP contribution in [-0.2, 0) is 4.79 Å². The number of amides is 2. The SMILES string of the molecule is CCCNC(=O)c1cccc(NC(=O)CC(C)C2CCCNC2)c1. The number of nitrogens with one attached hydrogen (secondary N) is 3. The van der Waals surface area contributed by atoms with E-state index in [9.17, 15) is 9.59 Å². The van der Waals surface area contributed by atoms with Gasteiger partial charge in [-0.2, -0.15) is 0 Å². The van der Waals surface area contributed by atoms with Crippen LogP contribution in [-0.4, -0.2) is 31.4 Å². The van der Waals surface area contributed by atoms with E-state index in [4.69, 9.17) is 0 Å². The first-order valence-corrected chi connectivity index (χ1v) is 8.99. The number of rotatable bonds is 7. The van der Waals surface area contributed by atoms with E-state index in [1.165, 1.54) is 12.8 Å². The van der Waals surface area contributed by atoms with Crippen molar-refractivity contribution in [3.05, 3.63) is 29.8 Å². The molecular formula is C19H29N3O2. The van der Waals surface area contributed by atoms with Crippen molar-refractivity contribution in [1.82, 2.24) is 10.6 Å². The highest BCUT2D eigenvalue weighted by molar-refractivity contribution is 5.97. The van der Waals surface area contributed by atoms with E-state index in [0.29, 0.717) is 36.1 Å². The van der Waals surface area contributed by atoms with Crippen molar-refractivity contribution in [2.45, 2.75) is 39.5 Å². The van der Waals surface area contributed by atoms with E-state index in [1.54, 1.807) is 18.2 Å². The fourth-order valence-electron chi connectivity index (χ4n) is 3.11. The van der Waals surface area contributed by atoms with Crippen LogP contribution >= 0.6 is 0 Å². The third-order valence-electron chi connectivity index (χ3n) is 4.59. The van der Waals surface area contributed by atoms with Crippen LogP contribution in [0.25, 0.3) is 0 Å². The first-order chi connectivity index (χ1) is 11.6. The smallest absolute Gasteiger partial charge is 0.251 e. The van der Waals surface area contributed by atoms with Gasteiger partial charge < -0.3 is 16.0 Å². The summed E-state index contributed by atoms with van der Waals surface area (Å²) in [5, 5.41) is 9.17. The third-order valence-corrected chi connectivity index (χ3v) is 4.59. The lowest BCUT2D eigenvalue weighted by Crippen LogP contribution is -2.34. The summed E-state index contributed by atoms with van der Waals surface area (Å²) in [6, 6.07) is 7.11. The Balaban J connectivity index is 1.87. The summed E-state index contributed by atoms with van der Waals surface area (Å²) in [6.45, 7) is 6.90. The van der Waals surface area contributed by atoms with Gasteiger partial charge in [-0.3, -0.25) is 9.59 Å². The number of hydrogen-bond donors (Lipinski definition) is 3. The molecule has 1 fully saturated rings. The summed E-state index contributed by atoms with van der Waals surface area (Å²) in [5.74, 6) is 0.832. The van der Waals surface area contributed by atoms with Gasteiger partial charge in [0.2, 0.25) is 5.91 Å². The maximum Gasteiger partial charge on any atom is 0.251 e. The molecule has 1 aromatic rings. The highest BCUT2D eigenvalue weighted by atomic mass is 16.2. The van der Waals surface area contributed by atoms with Crippen LogP contribution < -0.4 is 16.0 Å². The lowest BCUT2D eigenvalue weighted by molar-refractivity contribution is -0.117. The molecule has 24 heavy (non-hydrogen) atoms. The molecule has 1 heterocycles. The lowest BCUT2D eigenvalue weighted by Gasteiger charge is -2.28. The molecule has 2 atom stereocenters. The van der Waals surface area contributed by atoms with Gasteiger partial charge in [-0.15, -0.1) is 0 Å². The average molecular weight is 331 g/mol. The van der Waals surface area contributed by atoms with Gasteiger partial charge in [-0.25, -0.2) is 0 Å². The first-order valence-electron chi connectivity index (χ1n) is 8.99. The molecule has 1 aliphatic heterocycles. The van der Waals surface area contributed by atoms with Crippen molar-refractivity contribution >= 4 is 17.5 Å². The van der Waals surface area contributed by atoms with Crippen LogP contribution in [0.5, 0.6) is 0 Å². The van der Waals surface area contributed by atoms with Gasteiger partial charge in [0.25, 0.3) is 5.91 Å². The van der Waals surface area contributed by atoms with E-state index < -0.39 is 0 Å². The fourth-order valence-corrected chi connectivity index (χ4v) is 3.11. The molecule has 1 saturated heterocycles. The molecule has 1 aliphatic rings. The van der Waals surface area contributed by atoms with Gasteiger partial charge in [-0.05, 0) is 62.4 Å². The van der Waals surface area contributed by atoms with Gasteiger partial charge in [0.05, 0.1) is 0 Å². The van der Waals surface area contributed by atoms with E-state index in [1.807, 2.05) is 13.0 Å². The Hall–Kier alpha value is -1.88. The Labute approximate surface area is 144 Å². The summed E-state index contributed by atoms with van der Waals surface area (Å²) in [7, 11) is 0. The van der Waals surface area contributed by atoms with Crippen LogP contribution in [0.15, 0.2) is 24.3 Å². The first kappa shape index (κ1) is 18.5.